The molecular weight excluding hydrogens is 278 g/mol. The number of amides is 1. The van der Waals surface area contributed by atoms with E-state index in [2.05, 4.69) is 4.37 Å². The Kier molecular flexibility index (Phi) is 3.56. The van der Waals surface area contributed by atoms with Crippen molar-refractivity contribution in [3.05, 3.63) is 15.8 Å². The smallest absolute Gasteiger partial charge is 0.264 e. The third-order valence-corrected chi connectivity index (χ3v) is 5.61. The fraction of sp³-hybridized carbons (Fsp3) is 0.538. The molecule has 2 aromatic heterocycles. The lowest BCUT2D eigenvalue weighted by Crippen LogP contribution is -2.41. The normalized spacial score (nSPS) is 20.1. The van der Waals surface area contributed by atoms with Gasteiger partial charge in [-0.15, -0.1) is 11.3 Å². The summed E-state index contributed by atoms with van der Waals surface area (Å²) in [7, 11) is 0. The van der Waals surface area contributed by atoms with Gasteiger partial charge in [-0.2, -0.15) is 4.37 Å². The van der Waals surface area contributed by atoms with E-state index in [9.17, 15) is 4.79 Å². The van der Waals surface area contributed by atoms with Crippen molar-refractivity contribution in [3.8, 4) is 0 Å². The summed E-state index contributed by atoms with van der Waals surface area (Å²) in [5.74, 6) is 0.601. The predicted octanol–water partition coefficient (Wildman–Crippen LogP) is 2.48. The predicted molar refractivity (Wildman–Crippen MR) is 79.9 cm³/mol. The Balaban J connectivity index is 1.82. The molecule has 1 atom stereocenters. The molecule has 0 saturated carbocycles. The van der Waals surface area contributed by atoms with Crippen molar-refractivity contribution in [2.24, 2.45) is 11.7 Å². The SMILES string of the molecule is Cc1snc2sc(C(=O)N3CCC[C@H](CN)C3)cc12. The Hall–Kier alpha value is -0.980. The zero-order valence-corrected chi connectivity index (χ0v) is 12.5. The van der Waals surface area contributed by atoms with Crippen LogP contribution in [-0.2, 0) is 0 Å². The molecule has 0 bridgehead atoms. The highest BCUT2D eigenvalue weighted by atomic mass is 32.1. The molecule has 1 aliphatic rings. The van der Waals surface area contributed by atoms with Crippen LogP contribution < -0.4 is 5.73 Å². The Morgan fingerprint density at radius 3 is 3.21 bits per heavy atom. The van der Waals surface area contributed by atoms with Crippen LogP contribution in [0.15, 0.2) is 6.07 Å². The number of likely N-dealkylation sites (tertiary alicyclic amines) is 1. The van der Waals surface area contributed by atoms with E-state index in [4.69, 9.17) is 5.73 Å². The van der Waals surface area contributed by atoms with Gasteiger partial charge in [0.25, 0.3) is 5.91 Å². The van der Waals surface area contributed by atoms with E-state index in [0.29, 0.717) is 12.5 Å². The van der Waals surface area contributed by atoms with E-state index < -0.39 is 0 Å². The number of nitrogens with zero attached hydrogens (tertiary/aromatic N) is 2. The van der Waals surface area contributed by atoms with Crippen molar-refractivity contribution in [1.29, 1.82) is 0 Å². The molecule has 4 nitrogen and oxygen atoms in total. The second kappa shape index (κ2) is 5.19. The summed E-state index contributed by atoms with van der Waals surface area (Å²) in [6.07, 6.45) is 2.20. The van der Waals surface area contributed by atoms with E-state index in [1.165, 1.54) is 27.7 Å². The van der Waals surface area contributed by atoms with Crippen LogP contribution in [0.5, 0.6) is 0 Å². The summed E-state index contributed by atoms with van der Waals surface area (Å²) in [6.45, 7) is 4.37. The lowest BCUT2D eigenvalue weighted by atomic mass is 9.98. The van der Waals surface area contributed by atoms with Crippen LogP contribution in [0, 0.1) is 12.8 Å². The van der Waals surface area contributed by atoms with Crippen LogP contribution in [0.2, 0.25) is 0 Å². The van der Waals surface area contributed by atoms with Gasteiger partial charge in [-0.3, -0.25) is 4.79 Å². The second-order valence-electron chi connectivity index (χ2n) is 5.06. The average molecular weight is 295 g/mol. The first-order valence-electron chi connectivity index (χ1n) is 6.54. The summed E-state index contributed by atoms with van der Waals surface area (Å²) < 4.78 is 4.37. The van der Waals surface area contributed by atoms with Crippen molar-refractivity contribution in [2.45, 2.75) is 19.8 Å². The molecule has 0 aromatic carbocycles. The third kappa shape index (κ3) is 2.40. The van der Waals surface area contributed by atoms with Gasteiger partial charge in [-0.1, -0.05) is 0 Å². The van der Waals surface area contributed by atoms with Crippen molar-refractivity contribution in [2.75, 3.05) is 19.6 Å². The number of aryl methyl sites for hydroxylation is 1. The molecule has 1 aliphatic heterocycles. The summed E-state index contributed by atoms with van der Waals surface area (Å²) in [5.41, 5.74) is 5.72. The Morgan fingerprint density at radius 2 is 2.47 bits per heavy atom. The van der Waals surface area contributed by atoms with Gasteiger partial charge in [-0.05, 0) is 49.8 Å². The van der Waals surface area contributed by atoms with Crippen molar-refractivity contribution in [3.63, 3.8) is 0 Å². The van der Waals surface area contributed by atoms with E-state index in [0.717, 1.165) is 41.0 Å². The molecule has 3 rings (SSSR count). The standard InChI is InChI=1S/C13H17N3OS2/c1-8-10-5-11(18-12(10)15-19-8)13(17)16-4-2-3-9(6-14)7-16/h5,9H,2-4,6-7,14H2,1H3/t9-/m1/s1. The summed E-state index contributed by atoms with van der Waals surface area (Å²) in [5, 5.41) is 1.13. The minimum absolute atomic E-state index is 0.144. The maximum absolute atomic E-state index is 12.5. The molecular formula is C13H17N3OS2. The van der Waals surface area contributed by atoms with Gasteiger partial charge in [0.05, 0.1) is 4.88 Å². The highest BCUT2D eigenvalue weighted by Gasteiger charge is 2.25. The summed E-state index contributed by atoms with van der Waals surface area (Å²) in [4.78, 5) is 17.4. The molecule has 2 N–H and O–H groups in total. The number of nitrogens with two attached hydrogens (primary N) is 1. The van der Waals surface area contributed by atoms with E-state index in [1.807, 2.05) is 17.9 Å². The minimum Gasteiger partial charge on any atom is -0.338 e. The molecule has 3 heterocycles. The first-order chi connectivity index (χ1) is 9.19. The van der Waals surface area contributed by atoms with Gasteiger partial charge in [0.15, 0.2) is 0 Å². The zero-order valence-electron chi connectivity index (χ0n) is 10.9. The van der Waals surface area contributed by atoms with Crippen LogP contribution >= 0.6 is 22.9 Å². The quantitative estimate of drug-likeness (QED) is 0.926. The molecule has 1 saturated heterocycles. The van der Waals surface area contributed by atoms with E-state index in [-0.39, 0.29) is 5.91 Å². The number of fused-ring (bicyclic) bond motifs is 1. The molecule has 0 aliphatic carbocycles. The van der Waals surface area contributed by atoms with Gasteiger partial charge in [-0.25, -0.2) is 0 Å². The van der Waals surface area contributed by atoms with E-state index in [1.54, 1.807) is 0 Å². The maximum Gasteiger partial charge on any atom is 0.264 e. The molecule has 0 spiro atoms. The third-order valence-electron chi connectivity index (χ3n) is 3.71. The van der Waals surface area contributed by atoms with Crippen molar-refractivity contribution >= 4 is 39.0 Å². The number of hydrogen-bond acceptors (Lipinski definition) is 5. The fourth-order valence-corrected chi connectivity index (χ4v) is 4.38. The van der Waals surface area contributed by atoms with Crippen LogP contribution in [0.1, 0.15) is 27.4 Å². The first kappa shape index (κ1) is 13.0. The molecule has 1 amide bonds. The molecule has 0 radical (unpaired) electrons. The number of thiophene rings is 1. The lowest BCUT2D eigenvalue weighted by Gasteiger charge is -2.31. The van der Waals surface area contributed by atoms with Crippen LogP contribution in [0.4, 0.5) is 0 Å². The Morgan fingerprint density at radius 1 is 1.63 bits per heavy atom. The second-order valence-corrected chi connectivity index (χ2v) is 7.07. The average Bonchev–Trinajstić information content (AvgIpc) is 3.01. The molecule has 2 aromatic rings. The number of carbonyl (C=O) groups excluding carboxylic acids is 1. The number of carbonyl (C=O) groups is 1. The van der Waals surface area contributed by atoms with Crippen molar-refractivity contribution < 1.29 is 4.79 Å². The van der Waals surface area contributed by atoms with Crippen LogP contribution in [0.3, 0.4) is 0 Å². The Labute approximate surface area is 120 Å². The number of piperidine rings is 1. The Bertz CT molecular complexity index is 604. The summed E-state index contributed by atoms with van der Waals surface area (Å²) >= 11 is 3.01. The van der Waals surface area contributed by atoms with Crippen molar-refractivity contribution in [1.82, 2.24) is 9.27 Å². The van der Waals surface area contributed by atoms with E-state index >= 15 is 0 Å². The van der Waals surface area contributed by atoms with Crippen LogP contribution in [0.25, 0.3) is 10.2 Å². The largest absolute Gasteiger partial charge is 0.338 e. The van der Waals surface area contributed by atoms with Gasteiger partial charge >= 0.3 is 0 Å². The number of hydrogen-bond donors (Lipinski definition) is 1. The highest BCUT2D eigenvalue weighted by Crippen LogP contribution is 2.31. The first-order valence-corrected chi connectivity index (χ1v) is 8.13. The van der Waals surface area contributed by atoms with Gasteiger partial charge in [0.2, 0.25) is 0 Å². The maximum atomic E-state index is 12.5. The zero-order chi connectivity index (χ0) is 13.4. The van der Waals surface area contributed by atoms with Gasteiger partial charge in [0.1, 0.15) is 4.83 Å². The fourth-order valence-electron chi connectivity index (χ4n) is 2.56. The monoisotopic (exact) mass is 295 g/mol. The highest BCUT2D eigenvalue weighted by molar-refractivity contribution is 7.22. The summed E-state index contributed by atoms with van der Waals surface area (Å²) in [6, 6.07) is 1.99. The lowest BCUT2D eigenvalue weighted by molar-refractivity contribution is 0.0683. The molecule has 19 heavy (non-hydrogen) atoms. The van der Waals surface area contributed by atoms with Crippen LogP contribution in [-0.4, -0.2) is 34.8 Å². The minimum atomic E-state index is 0.144. The number of aromatic nitrogens is 1. The molecule has 6 heteroatoms. The molecule has 1 fully saturated rings. The topological polar surface area (TPSA) is 59.2 Å². The molecule has 102 valence electrons. The van der Waals surface area contributed by atoms with Gasteiger partial charge < -0.3 is 10.6 Å². The van der Waals surface area contributed by atoms with Gasteiger partial charge in [0, 0.05) is 23.4 Å². The number of rotatable bonds is 2. The molecule has 0 unspecified atom stereocenters.